The van der Waals surface area contributed by atoms with Crippen LogP contribution < -0.4 is 10.6 Å². The second-order valence-electron chi connectivity index (χ2n) is 8.52. The van der Waals surface area contributed by atoms with Crippen molar-refractivity contribution in [3.05, 3.63) is 116 Å². The van der Waals surface area contributed by atoms with Crippen LogP contribution in [0.3, 0.4) is 0 Å². The maximum atomic E-state index is 5.24. The quantitative estimate of drug-likeness (QED) is 0.573. The molecule has 0 amide bonds. The fourth-order valence-corrected chi connectivity index (χ4v) is 4.76. The van der Waals surface area contributed by atoms with Crippen LogP contribution in [0.5, 0.6) is 0 Å². The van der Waals surface area contributed by atoms with Crippen LogP contribution in [0.15, 0.2) is 94.2 Å². The van der Waals surface area contributed by atoms with E-state index in [0.29, 0.717) is 5.92 Å². The van der Waals surface area contributed by atoms with Crippen molar-refractivity contribution in [1.29, 1.82) is 0 Å². The Hall–Kier alpha value is -3.15. The minimum atomic E-state index is 0.294. The molecule has 1 heterocycles. The zero-order valence-corrected chi connectivity index (χ0v) is 17.8. The molecule has 2 aliphatic carbocycles. The number of rotatable bonds is 1. The first kappa shape index (κ1) is 18.9. The number of benzene rings is 2. The van der Waals surface area contributed by atoms with E-state index in [1.54, 1.807) is 0 Å². The van der Waals surface area contributed by atoms with Crippen LogP contribution in [-0.2, 0) is 6.42 Å². The van der Waals surface area contributed by atoms with E-state index in [1.165, 1.54) is 44.2 Å². The van der Waals surface area contributed by atoms with Gasteiger partial charge in [0.05, 0.1) is 11.9 Å². The topological polar surface area (TPSA) is 12.4 Å². The molecule has 148 valence electrons. The summed E-state index contributed by atoms with van der Waals surface area (Å²) in [6, 6.07) is 15.4. The highest BCUT2D eigenvalue weighted by atomic mass is 14.7. The minimum absolute atomic E-state index is 0.294. The third-order valence-corrected chi connectivity index (χ3v) is 6.36. The summed E-state index contributed by atoms with van der Waals surface area (Å²) < 4.78 is 0. The van der Waals surface area contributed by atoms with E-state index in [2.05, 4.69) is 92.4 Å². The highest BCUT2D eigenvalue weighted by molar-refractivity contribution is 5.70. The van der Waals surface area contributed by atoms with Gasteiger partial charge in [-0.1, -0.05) is 73.7 Å². The van der Waals surface area contributed by atoms with Crippen molar-refractivity contribution in [2.24, 2.45) is 10.9 Å². The Morgan fingerprint density at radius 1 is 1.00 bits per heavy atom. The molecule has 1 heteroatoms. The molecule has 0 radical (unpaired) electrons. The summed E-state index contributed by atoms with van der Waals surface area (Å²) in [6.07, 6.45) is 14.6. The Labute approximate surface area is 178 Å². The van der Waals surface area contributed by atoms with Crippen LogP contribution in [0, 0.1) is 5.92 Å². The number of hydrogen-bond acceptors (Lipinski definition) is 1. The minimum Gasteiger partial charge on any atom is -0.279 e. The van der Waals surface area contributed by atoms with Crippen LogP contribution in [0.1, 0.15) is 43.4 Å². The summed E-state index contributed by atoms with van der Waals surface area (Å²) in [5.74, 6) is 0.294. The van der Waals surface area contributed by atoms with E-state index in [1.807, 2.05) is 0 Å². The normalized spacial score (nSPS) is 23.0. The molecule has 2 aromatic rings. The first-order chi connectivity index (χ1) is 14.7. The Kier molecular flexibility index (Phi) is 4.99. The molecule has 1 aliphatic heterocycles. The first-order valence-electron chi connectivity index (χ1n) is 11.0. The van der Waals surface area contributed by atoms with Crippen molar-refractivity contribution < 1.29 is 0 Å². The lowest BCUT2D eigenvalue weighted by molar-refractivity contribution is 0.908. The molecule has 0 saturated carbocycles. The lowest BCUT2D eigenvalue weighted by atomic mass is 9.87. The largest absolute Gasteiger partial charge is 0.279 e. The van der Waals surface area contributed by atoms with Gasteiger partial charge in [0.1, 0.15) is 0 Å². The molecule has 0 bridgehead atoms. The summed E-state index contributed by atoms with van der Waals surface area (Å²) in [6.45, 7) is 5.19. The predicted octanol–water partition coefficient (Wildman–Crippen LogP) is 5.47. The van der Waals surface area contributed by atoms with E-state index in [-0.39, 0.29) is 0 Å². The van der Waals surface area contributed by atoms with Crippen LogP contribution >= 0.6 is 0 Å². The summed E-state index contributed by atoms with van der Waals surface area (Å²) in [7, 11) is 0. The Morgan fingerprint density at radius 2 is 1.87 bits per heavy atom. The molecule has 0 spiro atoms. The third-order valence-electron chi connectivity index (χ3n) is 6.36. The zero-order valence-electron chi connectivity index (χ0n) is 17.8. The van der Waals surface area contributed by atoms with Gasteiger partial charge in [-0.25, -0.2) is 0 Å². The molecule has 5 rings (SSSR count). The zero-order chi connectivity index (χ0) is 20.5. The van der Waals surface area contributed by atoms with Gasteiger partial charge in [0.2, 0.25) is 0 Å². The van der Waals surface area contributed by atoms with Gasteiger partial charge in [0.25, 0.3) is 0 Å². The van der Waals surface area contributed by atoms with Crippen LogP contribution in [0.2, 0.25) is 0 Å². The van der Waals surface area contributed by atoms with Crippen LogP contribution in [0.4, 0.5) is 0 Å². The number of nitrogens with zero attached hydrogens (tertiary/aromatic N) is 1. The predicted molar refractivity (Wildman–Crippen MR) is 126 cm³/mol. The lowest BCUT2D eigenvalue weighted by Crippen LogP contribution is -2.34. The Morgan fingerprint density at radius 3 is 2.73 bits per heavy atom. The summed E-state index contributed by atoms with van der Waals surface area (Å²) in [5, 5.41) is 2.37. The summed E-state index contributed by atoms with van der Waals surface area (Å²) >= 11 is 0. The molecule has 30 heavy (non-hydrogen) atoms. The Balaban J connectivity index is 1.87. The van der Waals surface area contributed by atoms with Gasteiger partial charge >= 0.3 is 0 Å². The van der Waals surface area contributed by atoms with Crippen molar-refractivity contribution in [2.45, 2.75) is 33.1 Å². The molecule has 3 aliphatic rings. The molecule has 0 fully saturated rings. The standard InChI is InChI=1S/C29H27N/c1-20-12-16-26-24(18-20)15-17-27-28(23-9-4-3-5-10-23)21(2)13-14-22-8-6-7-11-25(22)19-30-29(26)27/h3-5,7,9-11,13-17,21H,6,8,18-19H2,1-2H3/b14-13-,28-27-,30-29?. The van der Waals surface area contributed by atoms with Crippen molar-refractivity contribution in [3.63, 3.8) is 0 Å². The fraction of sp³-hybridized carbons (Fsp3) is 0.241. The van der Waals surface area contributed by atoms with Gasteiger partial charge in [-0.3, -0.25) is 4.99 Å². The molecule has 2 aromatic carbocycles. The SMILES string of the molecule is CC1=C=Cc2c(cc/c3c2=NCC2=C(/C=C\C(C)/C=3c3ccccc3)CCC=C2)C1. The molecule has 1 atom stereocenters. The van der Waals surface area contributed by atoms with Gasteiger partial charge in [-0.15, -0.1) is 5.73 Å². The van der Waals surface area contributed by atoms with Crippen molar-refractivity contribution in [1.82, 2.24) is 0 Å². The van der Waals surface area contributed by atoms with Crippen molar-refractivity contribution >= 4 is 11.6 Å². The van der Waals surface area contributed by atoms with E-state index >= 15 is 0 Å². The molecule has 1 unspecified atom stereocenters. The monoisotopic (exact) mass is 389 g/mol. The lowest BCUT2D eigenvalue weighted by Gasteiger charge is -2.19. The van der Waals surface area contributed by atoms with E-state index in [0.717, 1.165) is 31.2 Å². The van der Waals surface area contributed by atoms with Crippen LogP contribution in [-0.4, -0.2) is 6.54 Å². The van der Waals surface area contributed by atoms with E-state index in [4.69, 9.17) is 4.99 Å². The van der Waals surface area contributed by atoms with Gasteiger partial charge in [0, 0.05) is 23.1 Å². The fourth-order valence-electron chi connectivity index (χ4n) is 4.76. The van der Waals surface area contributed by atoms with E-state index < -0.39 is 0 Å². The number of allylic oxidation sites excluding steroid dienone is 5. The average Bonchev–Trinajstić information content (AvgIpc) is 2.78. The number of hydrogen-bond donors (Lipinski definition) is 0. The highest BCUT2D eigenvalue weighted by Crippen LogP contribution is 2.26. The molecular weight excluding hydrogens is 362 g/mol. The first-order valence-corrected chi connectivity index (χ1v) is 11.0. The molecule has 0 aromatic heterocycles. The van der Waals surface area contributed by atoms with Gasteiger partial charge < -0.3 is 0 Å². The summed E-state index contributed by atoms with van der Waals surface area (Å²) in [5.41, 5.74) is 12.7. The second-order valence-corrected chi connectivity index (χ2v) is 8.52. The highest BCUT2D eigenvalue weighted by Gasteiger charge is 2.16. The maximum Gasteiger partial charge on any atom is 0.0735 e. The third kappa shape index (κ3) is 3.47. The number of fused-ring (bicyclic) bond motifs is 3. The smallest absolute Gasteiger partial charge is 0.0735 e. The van der Waals surface area contributed by atoms with Crippen molar-refractivity contribution in [2.75, 3.05) is 6.54 Å². The second kappa shape index (κ2) is 7.94. The average molecular weight is 390 g/mol. The Bertz CT molecular complexity index is 1280. The van der Waals surface area contributed by atoms with Crippen LogP contribution in [0.25, 0.3) is 11.6 Å². The molecular formula is C29H27N. The van der Waals surface area contributed by atoms with E-state index in [9.17, 15) is 0 Å². The summed E-state index contributed by atoms with van der Waals surface area (Å²) in [4.78, 5) is 5.24. The van der Waals surface area contributed by atoms with Gasteiger partial charge in [-0.05, 0) is 59.3 Å². The van der Waals surface area contributed by atoms with Gasteiger partial charge in [-0.2, -0.15) is 0 Å². The molecule has 0 N–H and O–H groups in total. The molecule has 1 nitrogen and oxygen atoms in total. The van der Waals surface area contributed by atoms with Crippen molar-refractivity contribution in [3.8, 4) is 0 Å². The molecule has 0 saturated heterocycles. The van der Waals surface area contributed by atoms with Gasteiger partial charge in [0.15, 0.2) is 0 Å². The maximum absolute atomic E-state index is 5.24.